The van der Waals surface area contributed by atoms with Crippen LogP contribution >= 0.6 is 0 Å². The van der Waals surface area contributed by atoms with Crippen LogP contribution in [0.4, 0.5) is 0 Å². The summed E-state index contributed by atoms with van der Waals surface area (Å²) in [5.41, 5.74) is 2.30. The molecule has 2 nitrogen and oxygen atoms in total. The van der Waals surface area contributed by atoms with Gasteiger partial charge in [-0.1, -0.05) is 37.1 Å². The van der Waals surface area contributed by atoms with Gasteiger partial charge in [0.2, 0.25) is 0 Å². The van der Waals surface area contributed by atoms with Crippen LogP contribution in [0.5, 0.6) is 0 Å². The molecule has 16 heavy (non-hydrogen) atoms. The second-order valence-electron chi connectivity index (χ2n) is 4.87. The quantitative estimate of drug-likeness (QED) is 0.726. The van der Waals surface area contributed by atoms with Gasteiger partial charge in [-0.25, -0.2) is 0 Å². The van der Waals surface area contributed by atoms with Crippen molar-refractivity contribution in [3.05, 3.63) is 35.4 Å². The van der Waals surface area contributed by atoms with Gasteiger partial charge in [-0.15, -0.1) is 0 Å². The second-order valence-corrected chi connectivity index (χ2v) is 4.87. The van der Waals surface area contributed by atoms with Crippen molar-refractivity contribution in [2.75, 3.05) is 14.1 Å². The molecule has 0 aromatic heterocycles. The first-order valence-electron chi connectivity index (χ1n) is 5.92. The van der Waals surface area contributed by atoms with Crippen molar-refractivity contribution in [3.63, 3.8) is 0 Å². The number of rotatable bonds is 3. The monoisotopic (exact) mass is 217 g/mol. The van der Waals surface area contributed by atoms with E-state index in [2.05, 4.69) is 31.1 Å². The van der Waals surface area contributed by atoms with E-state index in [1.165, 1.54) is 31.2 Å². The average molecular weight is 217 g/mol. The Morgan fingerprint density at radius 1 is 1.12 bits per heavy atom. The van der Waals surface area contributed by atoms with Gasteiger partial charge < -0.3 is 0 Å². The number of hydrogen-bond acceptors (Lipinski definition) is 2. The second kappa shape index (κ2) is 4.38. The van der Waals surface area contributed by atoms with Gasteiger partial charge in [0.1, 0.15) is 6.29 Å². The largest absolute Gasteiger partial charge is 0.300 e. The fourth-order valence-corrected chi connectivity index (χ4v) is 2.83. The predicted octanol–water partition coefficient (Wildman–Crippen LogP) is 2.83. The minimum atomic E-state index is 0.196. The van der Waals surface area contributed by atoms with Crippen LogP contribution in [0.2, 0.25) is 0 Å². The molecule has 0 radical (unpaired) electrons. The van der Waals surface area contributed by atoms with Gasteiger partial charge in [-0.3, -0.25) is 9.69 Å². The molecule has 1 aliphatic rings. The Balaban J connectivity index is 2.35. The molecule has 0 amide bonds. The van der Waals surface area contributed by atoms with Crippen LogP contribution < -0.4 is 0 Å². The molecule has 1 aromatic carbocycles. The highest BCUT2D eigenvalue weighted by Gasteiger charge is 2.37. The minimum Gasteiger partial charge on any atom is -0.300 e. The van der Waals surface area contributed by atoms with Gasteiger partial charge in [0, 0.05) is 11.1 Å². The summed E-state index contributed by atoms with van der Waals surface area (Å²) >= 11 is 0. The van der Waals surface area contributed by atoms with E-state index in [1.54, 1.807) is 0 Å². The van der Waals surface area contributed by atoms with Crippen LogP contribution in [-0.2, 0) is 5.54 Å². The van der Waals surface area contributed by atoms with Gasteiger partial charge in [0.15, 0.2) is 0 Å². The summed E-state index contributed by atoms with van der Waals surface area (Å²) in [6.45, 7) is 0. The number of carbonyl (C=O) groups excluding carboxylic acids is 1. The lowest BCUT2D eigenvalue weighted by molar-refractivity contribution is 0.112. The molecule has 0 saturated heterocycles. The smallest absolute Gasteiger partial charge is 0.150 e. The van der Waals surface area contributed by atoms with Crippen molar-refractivity contribution in [1.82, 2.24) is 4.90 Å². The highest BCUT2D eigenvalue weighted by atomic mass is 16.1. The number of nitrogens with zero attached hydrogens (tertiary/aromatic N) is 1. The molecule has 1 fully saturated rings. The maximum absolute atomic E-state index is 10.6. The lowest BCUT2D eigenvalue weighted by Gasteiger charge is -2.37. The molecule has 1 aliphatic carbocycles. The highest BCUT2D eigenvalue weighted by molar-refractivity contribution is 5.74. The fourth-order valence-electron chi connectivity index (χ4n) is 2.83. The van der Waals surface area contributed by atoms with E-state index >= 15 is 0 Å². The Hall–Kier alpha value is -1.15. The topological polar surface area (TPSA) is 20.3 Å². The van der Waals surface area contributed by atoms with E-state index in [-0.39, 0.29) is 5.54 Å². The minimum absolute atomic E-state index is 0.196. The zero-order valence-electron chi connectivity index (χ0n) is 10.1. The van der Waals surface area contributed by atoms with E-state index in [9.17, 15) is 4.79 Å². The summed E-state index contributed by atoms with van der Waals surface area (Å²) in [4.78, 5) is 13.0. The summed E-state index contributed by atoms with van der Waals surface area (Å²) in [6, 6.07) is 8.06. The van der Waals surface area contributed by atoms with Gasteiger partial charge >= 0.3 is 0 Å². The van der Waals surface area contributed by atoms with Crippen molar-refractivity contribution in [2.24, 2.45) is 0 Å². The van der Waals surface area contributed by atoms with Crippen LogP contribution in [0.1, 0.15) is 41.6 Å². The van der Waals surface area contributed by atoms with Crippen LogP contribution in [0.3, 0.4) is 0 Å². The highest BCUT2D eigenvalue weighted by Crippen LogP contribution is 2.42. The first-order valence-corrected chi connectivity index (χ1v) is 5.92. The van der Waals surface area contributed by atoms with Crippen LogP contribution in [0, 0.1) is 0 Å². The lowest BCUT2D eigenvalue weighted by Crippen LogP contribution is -2.38. The van der Waals surface area contributed by atoms with Crippen LogP contribution in [0.25, 0.3) is 0 Å². The Morgan fingerprint density at radius 3 is 2.12 bits per heavy atom. The number of aldehydes is 1. The zero-order chi connectivity index (χ0) is 11.6. The molecule has 1 saturated carbocycles. The van der Waals surface area contributed by atoms with Gasteiger partial charge in [-0.2, -0.15) is 0 Å². The summed E-state index contributed by atoms with van der Waals surface area (Å²) in [6.07, 6.45) is 5.95. The number of carbonyl (C=O) groups is 1. The van der Waals surface area contributed by atoms with E-state index in [4.69, 9.17) is 0 Å². The van der Waals surface area contributed by atoms with Gasteiger partial charge in [0.05, 0.1) is 0 Å². The number of benzene rings is 1. The molecule has 0 unspecified atom stereocenters. The van der Waals surface area contributed by atoms with Gasteiger partial charge in [0.25, 0.3) is 0 Å². The van der Waals surface area contributed by atoms with Crippen molar-refractivity contribution in [1.29, 1.82) is 0 Å². The molecule has 0 heterocycles. The first kappa shape index (κ1) is 11.3. The third-order valence-corrected chi connectivity index (χ3v) is 3.87. The van der Waals surface area contributed by atoms with Crippen molar-refractivity contribution < 1.29 is 4.79 Å². The van der Waals surface area contributed by atoms with Crippen molar-refractivity contribution >= 4 is 6.29 Å². The summed E-state index contributed by atoms with van der Waals surface area (Å²) in [5, 5.41) is 0. The molecular formula is C14H19NO. The van der Waals surface area contributed by atoms with E-state index in [1.807, 2.05) is 12.1 Å². The zero-order valence-corrected chi connectivity index (χ0v) is 10.1. The van der Waals surface area contributed by atoms with Crippen LogP contribution in [0.15, 0.2) is 24.3 Å². The summed E-state index contributed by atoms with van der Waals surface area (Å²) < 4.78 is 0. The molecule has 86 valence electrons. The third-order valence-electron chi connectivity index (χ3n) is 3.87. The molecule has 2 heteroatoms. The van der Waals surface area contributed by atoms with E-state index < -0.39 is 0 Å². The van der Waals surface area contributed by atoms with E-state index in [0.717, 1.165) is 11.8 Å². The molecule has 2 rings (SSSR count). The molecule has 0 spiro atoms. The normalized spacial score (nSPS) is 18.9. The predicted molar refractivity (Wildman–Crippen MR) is 65.7 cm³/mol. The van der Waals surface area contributed by atoms with Gasteiger partial charge in [-0.05, 0) is 32.5 Å². The molecule has 0 N–H and O–H groups in total. The Labute approximate surface area is 97.3 Å². The first-order chi connectivity index (χ1) is 7.69. The molecule has 0 aliphatic heterocycles. The van der Waals surface area contributed by atoms with Crippen molar-refractivity contribution in [3.8, 4) is 0 Å². The summed E-state index contributed by atoms with van der Waals surface area (Å²) in [5.74, 6) is 0. The molecule has 1 aromatic rings. The molecule has 0 atom stereocenters. The molecule has 0 bridgehead atoms. The standard InChI is InChI=1S/C14H19NO/c1-15(2)14(9-3-4-10-14)13-7-5-12(11-16)6-8-13/h5-8,11H,3-4,9-10H2,1-2H3. The Bertz CT molecular complexity index is 361. The fraction of sp³-hybridized carbons (Fsp3) is 0.500. The third kappa shape index (κ3) is 1.78. The van der Waals surface area contributed by atoms with Crippen molar-refractivity contribution in [2.45, 2.75) is 31.2 Å². The Morgan fingerprint density at radius 2 is 1.69 bits per heavy atom. The maximum Gasteiger partial charge on any atom is 0.150 e. The van der Waals surface area contributed by atoms with Crippen LogP contribution in [-0.4, -0.2) is 25.3 Å². The number of hydrogen-bond donors (Lipinski definition) is 0. The molecular weight excluding hydrogens is 198 g/mol. The average Bonchev–Trinajstić information content (AvgIpc) is 2.79. The SMILES string of the molecule is CN(C)C1(c2ccc(C=O)cc2)CCCC1. The summed E-state index contributed by atoms with van der Waals surface area (Å²) in [7, 11) is 4.30. The lowest BCUT2D eigenvalue weighted by atomic mass is 9.86. The Kier molecular flexibility index (Phi) is 3.10. The van der Waals surface area contributed by atoms with E-state index in [0.29, 0.717) is 0 Å². The maximum atomic E-state index is 10.6.